The maximum absolute atomic E-state index is 11.7. The van der Waals surface area contributed by atoms with Crippen LogP contribution in [-0.2, 0) is 4.79 Å². The first kappa shape index (κ1) is 13.2. The summed E-state index contributed by atoms with van der Waals surface area (Å²) in [5, 5.41) is 3.17. The number of carbonyl (C=O) groups excluding carboxylic acids is 2. The van der Waals surface area contributed by atoms with Crippen LogP contribution in [0.1, 0.15) is 17.0 Å². The van der Waals surface area contributed by atoms with E-state index < -0.39 is 11.7 Å². The third-order valence-electron chi connectivity index (χ3n) is 2.26. The van der Waals surface area contributed by atoms with Gasteiger partial charge < -0.3 is 5.32 Å². The Hall–Kier alpha value is -2.27. The fourth-order valence-corrected chi connectivity index (χ4v) is 1.53. The molecule has 5 nitrogen and oxygen atoms in total. The van der Waals surface area contributed by atoms with Crippen molar-refractivity contribution in [1.82, 2.24) is 9.97 Å². The molecule has 1 N–H and O–H groups in total. The summed E-state index contributed by atoms with van der Waals surface area (Å²) in [4.78, 5) is 30.9. The molecular weight excluding hydrogens is 266 g/mol. The van der Waals surface area contributed by atoms with Gasteiger partial charge in [-0.3, -0.25) is 9.59 Å². The minimum absolute atomic E-state index is 0.0359. The molecule has 2 rings (SSSR count). The van der Waals surface area contributed by atoms with E-state index in [-0.39, 0.29) is 12.2 Å². The van der Waals surface area contributed by atoms with Gasteiger partial charge in [-0.05, 0) is 30.3 Å². The highest BCUT2D eigenvalue weighted by Gasteiger charge is 2.13. The fourth-order valence-electron chi connectivity index (χ4n) is 1.41. The molecule has 0 bridgehead atoms. The fraction of sp³-hybridized carbons (Fsp3) is 0.0769. The van der Waals surface area contributed by atoms with E-state index >= 15 is 0 Å². The number of nitrogens with zero attached hydrogens (tertiary/aromatic N) is 2. The van der Waals surface area contributed by atoms with E-state index in [1.54, 1.807) is 30.3 Å². The van der Waals surface area contributed by atoms with Gasteiger partial charge in [0.05, 0.1) is 6.42 Å². The van der Waals surface area contributed by atoms with Crippen LogP contribution in [0.25, 0.3) is 0 Å². The maximum atomic E-state index is 11.7. The monoisotopic (exact) mass is 275 g/mol. The third kappa shape index (κ3) is 3.86. The van der Waals surface area contributed by atoms with Gasteiger partial charge in [-0.25, -0.2) is 9.97 Å². The van der Waals surface area contributed by atoms with Crippen molar-refractivity contribution in [2.24, 2.45) is 0 Å². The van der Waals surface area contributed by atoms with Gasteiger partial charge in [0, 0.05) is 23.1 Å². The summed E-state index contributed by atoms with van der Waals surface area (Å²) in [7, 11) is 0. The molecule has 0 unspecified atom stereocenters. The van der Waals surface area contributed by atoms with Gasteiger partial charge in [-0.15, -0.1) is 0 Å². The number of benzene rings is 1. The maximum Gasteiger partial charge on any atom is 0.232 e. The Morgan fingerprint density at radius 2 is 1.74 bits per heavy atom. The van der Waals surface area contributed by atoms with Crippen molar-refractivity contribution in [3.63, 3.8) is 0 Å². The Morgan fingerprint density at radius 3 is 2.37 bits per heavy atom. The number of carbonyl (C=O) groups is 2. The molecule has 96 valence electrons. The zero-order valence-corrected chi connectivity index (χ0v) is 10.6. The van der Waals surface area contributed by atoms with Crippen molar-refractivity contribution >= 4 is 29.0 Å². The lowest BCUT2D eigenvalue weighted by Crippen LogP contribution is -2.17. The number of rotatable bonds is 4. The summed E-state index contributed by atoms with van der Waals surface area (Å²) >= 11 is 5.73. The molecule has 0 saturated heterocycles. The molecule has 1 amide bonds. The Bertz CT molecular complexity index is 585. The van der Waals surface area contributed by atoms with Crippen LogP contribution in [0.5, 0.6) is 0 Å². The standard InChI is InChI=1S/C13H10ClN3O2/c14-9-2-4-10(5-3-9)17-12(19)8-11(18)13-15-6-1-7-16-13/h1-7H,8H2,(H,17,19). The molecule has 0 atom stereocenters. The summed E-state index contributed by atoms with van der Waals surface area (Å²) in [5.41, 5.74) is 0.580. The van der Waals surface area contributed by atoms with Crippen LogP contribution >= 0.6 is 11.6 Å². The number of Topliss-reactive ketones (excluding diaryl/α,β-unsaturated/α-hetero) is 1. The van der Waals surface area contributed by atoms with Crippen LogP contribution in [0, 0.1) is 0 Å². The van der Waals surface area contributed by atoms with Crippen LogP contribution in [0.15, 0.2) is 42.7 Å². The summed E-state index contributed by atoms with van der Waals surface area (Å²) in [5.74, 6) is -0.805. The van der Waals surface area contributed by atoms with Crippen LogP contribution in [0.3, 0.4) is 0 Å². The van der Waals surface area contributed by atoms with Crippen LogP contribution in [-0.4, -0.2) is 21.7 Å². The van der Waals surface area contributed by atoms with Crippen molar-refractivity contribution in [2.45, 2.75) is 6.42 Å². The second-order valence-corrected chi connectivity index (χ2v) is 4.16. The predicted molar refractivity (Wildman–Crippen MR) is 71.1 cm³/mol. The van der Waals surface area contributed by atoms with E-state index in [0.717, 1.165) is 0 Å². The number of nitrogens with one attached hydrogen (secondary N) is 1. The topological polar surface area (TPSA) is 72.0 Å². The molecule has 0 aliphatic heterocycles. The molecule has 0 radical (unpaired) electrons. The normalized spacial score (nSPS) is 9.95. The second kappa shape index (κ2) is 6.06. The highest BCUT2D eigenvalue weighted by molar-refractivity contribution is 6.30. The highest BCUT2D eigenvalue weighted by Crippen LogP contribution is 2.13. The zero-order valence-electron chi connectivity index (χ0n) is 9.84. The number of ketones is 1. The lowest BCUT2D eigenvalue weighted by molar-refractivity contribution is -0.115. The molecule has 0 aliphatic rings. The number of hydrogen-bond acceptors (Lipinski definition) is 4. The van der Waals surface area contributed by atoms with E-state index in [2.05, 4.69) is 15.3 Å². The van der Waals surface area contributed by atoms with E-state index in [4.69, 9.17) is 11.6 Å². The molecule has 1 aromatic heterocycles. The van der Waals surface area contributed by atoms with E-state index in [9.17, 15) is 9.59 Å². The Labute approximate surface area is 114 Å². The van der Waals surface area contributed by atoms with Gasteiger partial charge in [0.15, 0.2) is 5.82 Å². The SMILES string of the molecule is O=C(CC(=O)c1ncccn1)Nc1ccc(Cl)cc1. The van der Waals surface area contributed by atoms with Crippen molar-refractivity contribution in [2.75, 3.05) is 5.32 Å². The first-order chi connectivity index (χ1) is 9.15. The van der Waals surface area contributed by atoms with Crippen LogP contribution in [0.2, 0.25) is 5.02 Å². The zero-order chi connectivity index (χ0) is 13.7. The van der Waals surface area contributed by atoms with Gasteiger partial charge in [-0.2, -0.15) is 0 Å². The lowest BCUT2D eigenvalue weighted by atomic mass is 10.2. The number of halogens is 1. The van der Waals surface area contributed by atoms with Crippen LogP contribution in [0.4, 0.5) is 5.69 Å². The van der Waals surface area contributed by atoms with Gasteiger partial charge >= 0.3 is 0 Å². The van der Waals surface area contributed by atoms with E-state index in [1.165, 1.54) is 12.4 Å². The number of aromatic nitrogens is 2. The van der Waals surface area contributed by atoms with Crippen molar-refractivity contribution in [1.29, 1.82) is 0 Å². The van der Waals surface area contributed by atoms with Crippen molar-refractivity contribution < 1.29 is 9.59 Å². The minimum atomic E-state index is -0.424. The molecular formula is C13H10ClN3O2. The minimum Gasteiger partial charge on any atom is -0.326 e. The average Bonchev–Trinajstić information content (AvgIpc) is 2.42. The molecule has 0 fully saturated rings. The van der Waals surface area contributed by atoms with Gasteiger partial charge in [0.1, 0.15) is 0 Å². The van der Waals surface area contributed by atoms with Crippen molar-refractivity contribution in [3.8, 4) is 0 Å². The highest BCUT2D eigenvalue weighted by atomic mass is 35.5. The van der Waals surface area contributed by atoms with Gasteiger partial charge in [0.2, 0.25) is 11.7 Å². The Morgan fingerprint density at radius 1 is 1.11 bits per heavy atom. The third-order valence-corrected chi connectivity index (χ3v) is 2.52. The number of anilines is 1. The molecule has 2 aromatic rings. The molecule has 0 aliphatic carbocycles. The predicted octanol–water partition coefficient (Wildman–Crippen LogP) is 2.34. The molecule has 6 heteroatoms. The van der Waals surface area contributed by atoms with Gasteiger partial charge in [-0.1, -0.05) is 11.6 Å². The first-order valence-electron chi connectivity index (χ1n) is 5.51. The van der Waals surface area contributed by atoms with Crippen LogP contribution < -0.4 is 5.32 Å². The van der Waals surface area contributed by atoms with Gasteiger partial charge in [0.25, 0.3) is 0 Å². The lowest BCUT2D eigenvalue weighted by Gasteiger charge is -2.04. The number of hydrogen-bond donors (Lipinski definition) is 1. The summed E-state index contributed by atoms with van der Waals surface area (Å²) in [6.45, 7) is 0. The van der Waals surface area contributed by atoms with E-state index in [0.29, 0.717) is 10.7 Å². The van der Waals surface area contributed by atoms with E-state index in [1.807, 2.05) is 0 Å². The quantitative estimate of drug-likeness (QED) is 0.687. The summed E-state index contributed by atoms with van der Waals surface area (Å²) < 4.78 is 0. The average molecular weight is 276 g/mol. The number of amides is 1. The smallest absolute Gasteiger partial charge is 0.232 e. The molecule has 1 aromatic carbocycles. The second-order valence-electron chi connectivity index (χ2n) is 3.73. The molecule has 0 spiro atoms. The Balaban J connectivity index is 1.95. The Kier molecular flexibility index (Phi) is 4.20. The molecule has 0 saturated carbocycles. The van der Waals surface area contributed by atoms with Crippen molar-refractivity contribution in [3.05, 3.63) is 53.6 Å². The first-order valence-corrected chi connectivity index (χ1v) is 5.88. The molecule has 19 heavy (non-hydrogen) atoms. The largest absolute Gasteiger partial charge is 0.326 e. The summed E-state index contributed by atoms with van der Waals surface area (Å²) in [6.07, 6.45) is 2.61. The summed E-state index contributed by atoms with van der Waals surface area (Å²) in [6, 6.07) is 8.22. The molecule has 1 heterocycles.